The van der Waals surface area contributed by atoms with Crippen LogP contribution in [0.1, 0.15) is 19.8 Å². The average molecular weight is 206 g/mol. The summed E-state index contributed by atoms with van der Waals surface area (Å²) >= 11 is 0. The van der Waals surface area contributed by atoms with Gasteiger partial charge in [0, 0.05) is 13.5 Å². The second-order valence-corrected chi connectivity index (χ2v) is 2.55. The van der Waals surface area contributed by atoms with Crippen LogP contribution < -0.4 is 5.32 Å². The predicted octanol–water partition coefficient (Wildman–Crippen LogP) is 0.206. The van der Waals surface area contributed by atoms with Crippen LogP contribution in [0.3, 0.4) is 0 Å². The quantitative estimate of drug-likeness (QED) is 0.408. The van der Waals surface area contributed by atoms with Gasteiger partial charge in [0.15, 0.2) is 0 Å². The van der Waals surface area contributed by atoms with E-state index in [9.17, 15) is 4.91 Å². The highest BCUT2D eigenvalue weighted by Crippen LogP contribution is 1.78. The van der Waals surface area contributed by atoms with Crippen molar-refractivity contribution in [2.45, 2.75) is 19.8 Å². The van der Waals surface area contributed by atoms with Gasteiger partial charge in [0.05, 0.1) is 6.54 Å². The zero-order valence-corrected chi connectivity index (χ0v) is 8.40. The molecule has 0 aliphatic carbocycles. The summed E-state index contributed by atoms with van der Waals surface area (Å²) in [6.45, 7) is 3.31. The van der Waals surface area contributed by atoms with Gasteiger partial charge < -0.3 is 15.5 Å². The topological polar surface area (TPSA) is 99.0 Å². The molecule has 0 aromatic carbocycles. The molecule has 6 nitrogen and oxygen atoms in total. The van der Waals surface area contributed by atoms with Gasteiger partial charge in [-0.2, -0.15) is 4.91 Å². The Balaban J connectivity index is 0. The number of nitrogens with zero attached hydrogens (tertiary/aromatic N) is 1. The number of hydrogen-bond acceptors (Lipinski definition) is 5. The Morgan fingerprint density at radius 1 is 1.36 bits per heavy atom. The number of aliphatic hydroxyl groups is 1. The Bertz CT molecular complexity index is 137. The highest BCUT2D eigenvalue weighted by atomic mass is 16.4. The molecule has 84 valence electrons. The van der Waals surface area contributed by atoms with E-state index in [0.29, 0.717) is 6.54 Å². The minimum absolute atomic E-state index is 0.221. The Morgan fingerprint density at radius 3 is 2.29 bits per heavy atom. The molecule has 0 saturated carbocycles. The molecular formula is C8H18N2O4. The van der Waals surface area contributed by atoms with E-state index >= 15 is 0 Å². The van der Waals surface area contributed by atoms with E-state index in [0.717, 1.165) is 32.9 Å². The number of carboxylic acids is 1. The first-order valence-corrected chi connectivity index (χ1v) is 4.45. The monoisotopic (exact) mass is 206 g/mol. The molecule has 6 heteroatoms. The predicted molar refractivity (Wildman–Crippen MR) is 53.2 cm³/mol. The van der Waals surface area contributed by atoms with Crippen molar-refractivity contribution in [3.63, 3.8) is 0 Å². The molecule has 0 aliphatic rings. The van der Waals surface area contributed by atoms with Crippen molar-refractivity contribution < 1.29 is 15.0 Å². The molecule has 0 aromatic rings. The van der Waals surface area contributed by atoms with Crippen LogP contribution in [-0.4, -0.2) is 42.4 Å². The Labute approximate surface area is 83.3 Å². The standard InChI is InChI=1S/C6H14N2O2.C2H4O2/c9-6-2-4-7-3-1-5-8-10;1-2(3)4/h7,9H,1-6H2;1H3,(H,3,4). The molecule has 0 rings (SSSR count). The minimum Gasteiger partial charge on any atom is -0.481 e. The first-order valence-electron chi connectivity index (χ1n) is 4.45. The summed E-state index contributed by atoms with van der Waals surface area (Å²) in [5.41, 5.74) is 0. The Morgan fingerprint density at radius 2 is 1.86 bits per heavy atom. The van der Waals surface area contributed by atoms with Crippen molar-refractivity contribution in [2.75, 3.05) is 26.2 Å². The molecule has 0 heterocycles. The van der Waals surface area contributed by atoms with Crippen LogP contribution in [0, 0.1) is 4.91 Å². The lowest BCUT2D eigenvalue weighted by Crippen LogP contribution is -2.18. The van der Waals surface area contributed by atoms with E-state index in [1.807, 2.05) is 0 Å². The Hall–Kier alpha value is -1.01. The summed E-state index contributed by atoms with van der Waals surface area (Å²) in [5.74, 6) is -0.833. The molecule has 0 bridgehead atoms. The molecule has 0 radical (unpaired) electrons. The smallest absolute Gasteiger partial charge is 0.300 e. The van der Waals surface area contributed by atoms with Crippen LogP contribution in [0.5, 0.6) is 0 Å². The van der Waals surface area contributed by atoms with E-state index in [1.54, 1.807) is 0 Å². The molecule has 0 amide bonds. The molecule has 0 spiro atoms. The molecule has 14 heavy (non-hydrogen) atoms. The van der Waals surface area contributed by atoms with Crippen LogP contribution in [0.4, 0.5) is 0 Å². The number of hydrogen-bond donors (Lipinski definition) is 3. The molecule has 0 saturated heterocycles. The first-order chi connectivity index (χ1) is 6.65. The number of carboxylic acid groups (broad SMARTS) is 1. The lowest BCUT2D eigenvalue weighted by molar-refractivity contribution is -0.134. The maximum absolute atomic E-state index is 9.58. The van der Waals surface area contributed by atoms with E-state index in [1.165, 1.54) is 0 Å². The normalized spacial score (nSPS) is 8.71. The lowest BCUT2D eigenvalue weighted by Gasteiger charge is -1.99. The minimum atomic E-state index is -0.833. The van der Waals surface area contributed by atoms with Gasteiger partial charge in [0.25, 0.3) is 5.97 Å². The summed E-state index contributed by atoms with van der Waals surface area (Å²) in [6, 6.07) is 0. The summed E-state index contributed by atoms with van der Waals surface area (Å²) < 4.78 is 0. The summed E-state index contributed by atoms with van der Waals surface area (Å²) in [4.78, 5) is 18.6. The van der Waals surface area contributed by atoms with Crippen LogP contribution in [0.15, 0.2) is 5.18 Å². The SMILES string of the molecule is CC(=O)O.O=NCCCNCCCO. The average Bonchev–Trinajstić information content (AvgIpc) is 2.10. The fourth-order valence-corrected chi connectivity index (χ4v) is 0.598. The number of aliphatic carboxylic acids is 1. The summed E-state index contributed by atoms with van der Waals surface area (Å²) in [6.07, 6.45) is 1.56. The van der Waals surface area contributed by atoms with Crippen LogP contribution in [-0.2, 0) is 4.79 Å². The van der Waals surface area contributed by atoms with Crippen molar-refractivity contribution in [3.8, 4) is 0 Å². The van der Waals surface area contributed by atoms with Crippen LogP contribution >= 0.6 is 0 Å². The third-order valence-electron chi connectivity index (χ3n) is 1.11. The van der Waals surface area contributed by atoms with E-state index in [2.05, 4.69) is 10.5 Å². The molecule has 0 fully saturated rings. The number of nitroso groups, excluding NO2 is 1. The second-order valence-electron chi connectivity index (χ2n) is 2.55. The molecule has 3 N–H and O–H groups in total. The molecule has 0 unspecified atom stereocenters. The van der Waals surface area contributed by atoms with Gasteiger partial charge in [0.1, 0.15) is 0 Å². The summed E-state index contributed by atoms with van der Waals surface area (Å²) in [5, 5.41) is 21.6. The van der Waals surface area contributed by atoms with Crippen LogP contribution in [0.25, 0.3) is 0 Å². The zero-order chi connectivity index (χ0) is 11.2. The zero-order valence-electron chi connectivity index (χ0n) is 8.40. The number of aliphatic hydroxyl groups excluding tert-OH is 1. The van der Waals surface area contributed by atoms with Crippen molar-refractivity contribution >= 4 is 5.97 Å². The molecular weight excluding hydrogens is 188 g/mol. The van der Waals surface area contributed by atoms with Crippen molar-refractivity contribution in [3.05, 3.63) is 4.91 Å². The van der Waals surface area contributed by atoms with Gasteiger partial charge in [-0.05, 0) is 25.9 Å². The third kappa shape index (κ3) is 30.6. The van der Waals surface area contributed by atoms with Gasteiger partial charge in [-0.15, -0.1) is 0 Å². The van der Waals surface area contributed by atoms with E-state index in [4.69, 9.17) is 15.0 Å². The summed E-state index contributed by atoms with van der Waals surface area (Å²) in [7, 11) is 0. The van der Waals surface area contributed by atoms with Gasteiger partial charge in [0.2, 0.25) is 0 Å². The lowest BCUT2D eigenvalue weighted by atomic mass is 10.4. The third-order valence-corrected chi connectivity index (χ3v) is 1.11. The van der Waals surface area contributed by atoms with Crippen LogP contribution in [0.2, 0.25) is 0 Å². The maximum atomic E-state index is 9.58. The van der Waals surface area contributed by atoms with Crippen molar-refractivity contribution in [1.82, 2.24) is 5.32 Å². The van der Waals surface area contributed by atoms with E-state index < -0.39 is 5.97 Å². The second kappa shape index (κ2) is 14.5. The first kappa shape index (κ1) is 15.5. The maximum Gasteiger partial charge on any atom is 0.300 e. The highest BCUT2D eigenvalue weighted by molar-refractivity contribution is 5.62. The molecule has 0 atom stereocenters. The molecule has 0 aliphatic heterocycles. The largest absolute Gasteiger partial charge is 0.481 e. The van der Waals surface area contributed by atoms with Gasteiger partial charge in [-0.25, -0.2) is 0 Å². The number of rotatable bonds is 7. The van der Waals surface area contributed by atoms with Crippen molar-refractivity contribution in [1.29, 1.82) is 0 Å². The van der Waals surface area contributed by atoms with Crippen molar-refractivity contribution in [2.24, 2.45) is 5.18 Å². The fraction of sp³-hybridized carbons (Fsp3) is 0.875. The highest BCUT2D eigenvalue weighted by Gasteiger charge is 1.86. The van der Waals surface area contributed by atoms with E-state index in [-0.39, 0.29) is 6.61 Å². The number of carbonyl (C=O) groups is 1. The van der Waals surface area contributed by atoms with Gasteiger partial charge in [-0.1, -0.05) is 5.18 Å². The fourth-order valence-electron chi connectivity index (χ4n) is 0.598. The van der Waals surface area contributed by atoms with Gasteiger partial charge >= 0.3 is 0 Å². The number of nitrogens with one attached hydrogen (secondary N) is 1. The Kier molecular flexibility index (Phi) is 16.0. The van der Waals surface area contributed by atoms with Gasteiger partial charge in [-0.3, -0.25) is 4.79 Å². The molecule has 0 aromatic heterocycles.